The van der Waals surface area contributed by atoms with Crippen LogP contribution in [0.3, 0.4) is 0 Å². The molecule has 2 heterocycles. The van der Waals surface area contributed by atoms with E-state index in [1.807, 2.05) is 32.0 Å². The first-order valence-corrected chi connectivity index (χ1v) is 8.75. The summed E-state index contributed by atoms with van der Waals surface area (Å²) in [4.78, 5) is 20.8. The van der Waals surface area contributed by atoms with Crippen LogP contribution in [0.1, 0.15) is 41.8 Å². The highest BCUT2D eigenvalue weighted by molar-refractivity contribution is 5.79. The predicted molar refractivity (Wildman–Crippen MR) is 101 cm³/mol. The van der Waals surface area contributed by atoms with Crippen LogP contribution in [0.4, 0.5) is 5.95 Å². The number of amides is 1. The number of carbonyl (C=O) groups is 1. The maximum atomic E-state index is 12.4. The molecular formula is C19H24N6O. The van der Waals surface area contributed by atoms with Crippen molar-refractivity contribution in [2.24, 2.45) is 0 Å². The lowest BCUT2D eigenvalue weighted by Crippen LogP contribution is -2.28. The number of hydrogen-bond donors (Lipinski definition) is 2. The molecule has 26 heavy (non-hydrogen) atoms. The van der Waals surface area contributed by atoms with E-state index in [4.69, 9.17) is 5.73 Å². The molecule has 0 spiro atoms. The summed E-state index contributed by atoms with van der Waals surface area (Å²) < 4.78 is 1.59. The number of aryl methyl sites for hydroxylation is 2. The number of fused-ring (bicyclic) bond motifs is 1. The molecule has 0 aliphatic heterocycles. The molecule has 3 rings (SSSR count). The van der Waals surface area contributed by atoms with Crippen LogP contribution in [0.25, 0.3) is 5.78 Å². The molecule has 0 saturated carbocycles. The van der Waals surface area contributed by atoms with Crippen molar-refractivity contribution in [3.8, 4) is 0 Å². The third-order valence-electron chi connectivity index (χ3n) is 4.67. The summed E-state index contributed by atoms with van der Waals surface area (Å²) in [7, 11) is 0. The maximum Gasteiger partial charge on any atom is 0.254 e. The van der Waals surface area contributed by atoms with Gasteiger partial charge in [0.05, 0.1) is 6.42 Å². The van der Waals surface area contributed by atoms with Crippen molar-refractivity contribution < 1.29 is 4.79 Å². The summed E-state index contributed by atoms with van der Waals surface area (Å²) in [5, 5.41) is 7.13. The third kappa shape index (κ3) is 3.82. The Balaban J connectivity index is 1.61. The van der Waals surface area contributed by atoms with Crippen molar-refractivity contribution in [1.82, 2.24) is 24.9 Å². The highest BCUT2D eigenvalue weighted by Crippen LogP contribution is 2.18. The molecule has 1 atom stereocenters. The molecule has 2 aromatic heterocycles. The Labute approximate surface area is 152 Å². The monoisotopic (exact) mass is 352 g/mol. The van der Waals surface area contributed by atoms with Crippen molar-refractivity contribution in [3.05, 3.63) is 52.8 Å². The van der Waals surface area contributed by atoms with E-state index in [9.17, 15) is 4.79 Å². The van der Waals surface area contributed by atoms with Crippen molar-refractivity contribution in [1.29, 1.82) is 0 Å². The second-order valence-electron chi connectivity index (χ2n) is 6.57. The van der Waals surface area contributed by atoms with E-state index in [0.717, 1.165) is 23.4 Å². The van der Waals surface area contributed by atoms with E-state index in [1.54, 1.807) is 4.52 Å². The smallest absolute Gasteiger partial charge is 0.254 e. The average molecular weight is 352 g/mol. The van der Waals surface area contributed by atoms with Crippen molar-refractivity contribution in [2.75, 3.05) is 12.3 Å². The Hall–Kier alpha value is -2.96. The van der Waals surface area contributed by atoms with E-state index in [2.05, 4.69) is 39.4 Å². The Morgan fingerprint density at radius 2 is 1.96 bits per heavy atom. The molecule has 7 nitrogen and oxygen atoms in total. The van der Waals surface area contributed by atoms with Gasteiger partial charge in [-0.05, 0) is 31.7 Å². The van der Waals surface area contributed by atoms with Crippen LogP contribution in [-0.4, -0.2) is 32.0 Å². The van der Waals surface area contributed by atoms with E-state index in [0.29, 0.717) is 18.2 Å². The minimum atomic E-state index is -0.0225. The molecule has 0 unspecified atom stereocenters. The highest BCUT2D eigenvalue weighted by atomic mass is 16.1. The van der Waals surface area contributed by atoms with Crippen LogP contribution in [-0.2, 0) is 11.2 Å². The molecule has 7 heteroatoms. The van der Waals surface area contributed by atoms with E-state index in [-0.39, 0.29) is 18.3 Å². The fraction of sp³-hybridized carbons (Fsp3) is 0.368. The van der Waals surface area contributed by atoms with E-state index in [1.165, 1.54) is 5.56 Å². The Kier molecular flexibility index (Phi) is 5.16. The molecule has 1 aromatic carbocycles. The van der Waals surface area contributed by atoms with E-state index < -0.39 is 0 Å². The molecule has 1 amide bonds. The fourth-order valence-corrected chi connectivity index (χ4v) is 3.08. The van der Waals surface area contributed by atoms with Gasteiger partial charge < -0.3 is 11.1 Å². The number of nitrogens with zero attached hydrogens (tertiary/aromatic N) is 4. The molecule has 136 valence electrons. The number of rotatable bonds is 6. The van der Waals surface area contributed by atoms with Gasteiger partial charge in [0.2, 0.25) is 11.9 Å². The van der Waals surface area contributed by atoms with Crippen LogP contribution in [0.5, 0.6) is 0 Å². The van der Waals surface area contributed by atoms with Crippen LogP contribution in [0.2, 0.25) is 0 Å². The Bertz CT molecular complexity index is 919. The summed E-state index contributed by atoms with van der Waals surface area (Å²) in [6.07, 6.45) is 1.16. The molecule has 3 N–H and O–H groups in total. The zero-order chi connectivity index (χ0) is 18.7. The second kappa shape index (κ2) is 7.51. The van der Waals surface area contributed by atoms with E-state index >= 15 is 0 Å². The normalized spacial score (nSPS) is 12.3. The van der Waals surface area contributed by atoms with Crippen LogP contribution < -0.4 is 11.1 Å². The molecule has 0 aliphatic rings. The first-order valence-electron chi connectivity index (χ1n) is 8.75. The molecular weight excluding hydrogens is 328 g/mol. The molecule has 0 aliphatic carbocycles. The number of nitrogens with one attached hydrogen (secondary N) is 1. The summed E-state index contributed by atoms with van der Waals surface area (Å²) in [5.41, 5.74) is 9.39. The van der Waals surface area contributed by atoms with Crippen LogP contribution in [0.15, 0.2) is 30.3 Å². The SMILES string of the molecule is Cc1nc2nc(N)nn2c(C)c1CC(=O)NCC[C@H](C)c1ccccc1. The maximum absolute atomic E-state index is 12.4. The van der Waals surface area contributed by atoms with Crippen molar-refractivity contribution >= 4 is 17.6 Å². The van der Waals surface area contributed by atoms with Gasteiger partial charge in [-0.15, -0.1) is 5.10 Å². The lowest BCUT2D eigenvalue weighted by molar-refractivity contribution is -0.120. The first kappa shape index (κ1) is 17.8. The van der Waals surface area contributed by atoms with Gasteiger partial charge in [-0.25, -0.2) is 4.98 Å². The van der Waals surface area contributed by atoms with Crippen molar-refractivity contribution in [2.45, 2.75) is 39.5 Å². The molecule has 3 aromatic rings. The highest BCUT2D eigenvalue weighted by Gasteiger charge is 2.15. The topological polar surface area (TPSA) is 98.2 Å². The second-order valence-corrected chi connectivity index (χ2v) is 6.57. The standard InChI is InChI=1S/C19H24N6O/c1-12(15-7-5-4-6-8-15)9-10-21-17(26)11-16-13(2)22-19-23-18(20)24-25(19)14(16)3/h4-8,12H,9-11H2,1-3H3,(H2,20,24)(H,21,26)/t12-/m0/s1. The van der Waals surface area contributed by atoms with Gasteiger partial charge in [-0.3, -0.25) is 4.79 Å². The number of nitrogens with two attached hydrogens (primary N) is 1. The molecule has 0 saturated heterocycles. The first-order chi connectivity index (χ1) is 12.5. The van der Waals surface area contributed by atoms with Crippen LogP contribution >= 0.6 is 0 Å². The number of aromatic nitrogens is 4. The van der Waals surface area contributed by atoms with Gasteiger partial charge in [0.25, 0.3) is 5.78 Å². The van der Waals surface area contributed by atoms with Crippen molar-refractivity contribution in [3.63, 3.8) is 0 Å². The van der Waals surface area contributed by atoms with Gasteiger partial charge >= 0.3 is 0 Å². The molecule has 0 radical (unpaired) electrons. The summed E-state index contributed by atoms with van der Waals surface area (Å²) in [5.74, 6) is 1.01. The lowest BCUT2D eigenvalue weighted by Gasteiger charge is -2.13. The zero-order valence-electron chi connectivity index (χ0n) is 15.4. The van der Waals surface area contributed by atoms with Crippen LogP contribution in [0, 0.1) is 13.8 Å². The number of benzene rings is 1. The minimum Gasteiger partial charge on any atom is -0.366 e. The van der Waals surface area contributed by atoms with Gasteiger partial charge in [0.15, 0.2) is 0 Å². The third-order valence-corrected chi connectivity index (χ3v) is 4.67. The fourth-order valence-electron chi connectivity index (χ4n) is 3.08. The molecule has 0 bridgehead atoms. The number of carbonyl (C=O) groups excluding carboxylic acids is 1. The molecule has 0 fully saturated rings. The van der Waals surface area contributed by atoms with Gasteiger partial charge in [0, 0.05) is 23.5 Å². The minimum absolute atomic E-state index is 0.0225. The summed E-state index contributed by atoms with van der Waals surface area (Å²) in [6, 6.07) is 10.3. The summed E-state index contributed by atoms with van der Waals surface area (Å²) in [6.45, 7) is 6.58. The predicted octanol–water partition coefficient (Wildman–Crippen LogP) is 2.18. The van der Waals surface area contributed by atoms with Gasteiger partial charge in [-0.2, -0.15) is 9.50 Å². The van der Waals surface area contributed by atoms with Gasteiger partial charge in [0.1, 0.15) is 0 Å². The number of hydrogen-bond acceptors (Lipinski definition) is 5. The zero-order valence-corrected chi connectivity index (χ0v) is 15.4. The van der Waals surface area contributed by atoms with Gasteiger partial charge in [-0.1, -0.05) is 37.3 Å². The average Bonchev–Trinajstić information content (AvgIpc) is 2.99. The lowest BCUT2D eigenvalue weighted by atomic mass is 9.98. The largest absolute Gasteiger partial charge is 0.366 e. The Morgan fingerprint density at radius 3 is 2.69 bits per heavy atom. The number of anilines is 1. The quantitative estimate of drug-likeness (QED) is 0.708. The Morgan fingerprint density at radius 1 is 1.23 bits per heavy atom. The summed E-state index contributed by atoms with van der Waals surface area (Å²) >= 11 is 0. The number of nitrogen functional groups attached to an aromatic ring is 1.